The van der Waals surface area contributed by atoms with Gasteiger partial charge in [0.05, 0.1) is 16.3 Å². The average Bonchev–Trinajstić information content (AvgIpc) is 2.37. The number of anilines is 1. The van der Waals surface area contributed by atoms with Gasteiger partial charge in [0, 0.05) is 13.1 Å². The van der Waals surface area contributed by atoms with Crippen LogP contribution in [-0.4, -0.2) is 37.0 Å². The standard InChI is InChI=1S/C13H20ClN3O/c1-3-17(4-2)9-8-16-13(18)10-6-5-7-11(15)12(10)14/h5-7H,3-4,8-9,15H2,1-2H3,(H,16,18). The van der Waals surface area contributed by atoms with Crippen LogP contribution in [0.25, 0.3) is 0 Å². The van der Waals surface area contributed by atoms with Crippen molar-refractivity contribution in [3.63, 3.8) is 0 Å². The number of amides is 1. The molecule has 0 bridgehead atoms. The molecule has 0 aliphatic carbocycles. The summed E-state index contributed by atoms with van der Waals surface area (Å²) in [5.41, 5.74) is 6.51. The molecule has 0 radical (unpaired) electrons. The van der Waals surface area contributed by atoms with E-state index in [-0.39, 0.29) is 5.91 Å². The number of nitrogens with two attached hydrogens (primary N) is 1. The molecule has 0 fully saturated rings. The van der Waals surface area contributed by atoms with E-state index in [4.69, 9.17) is 17.3 Å². The second-order valence-electron chi connectivity index (χ2n) is 3.99. The first-order valence-electron chi connectivity index (χ1n) is 6.14. The molecule has 1 aromatic rings. The monoisotopic (exact) mass is 269 g/mol. The predicted octanol–water partition coefficient (Wildman–Crippen LogP) is 1.99. The van der Waals surface area contributed by atoms with Crippen LogP contribution in [0.15, 0.2) is 18.2 Å². The van der Waals surface area contributed by atoms with E-state index >= 15 is 0 Å². The van der Waals surface area contributed by atoms with Crippen molar-refractivity contribution in [3.8, 4) is 0 Å². The minimum atomic E-state index is -0.181. The van der Waals surface area contributed by atoms with Crippen molar-refractivity contribution in [2.45, 2.75) is 13.8 Å². The molecule has 0 aliphatic rings. The molecule has 0 saturated heterocycles. The molecule has 4 nitrogen and oxygen atoms in total. The summed E-state index contributed by atoms with van der Waals surface area (Å²) in [4.78, 5) is 14.1. The number of benzene rings is 1. The van der Waals surface area contributed by atoms with Crippen LogP contribution in [0, 0.1) is 0 Å². The fourth-order valence-electron chi connectivity index (χ4n) is 1.69. The van der Waals surface area contributed by atoms with Crippen molar-refractivity contribution in [1.29, 1.82) is 0 Å². The third-order valence-electron chi connectivity index (χ3n) is 2.88. The van der Waals surface area contributed by atoms with Crippen molar-refractivity contribution in [3.05, 3.63) is 28.8 Å². The van der Waals surface area contributed by atoms with Gasteiger partial charge in [-0.1, -0.05) is 31.5 Å². The van der Waals surface area contributed by atoms with Gasteiger partial charge in [0.1, 0.15) is 0 Å². The zero-order chi connectivity index (χ0) is 13.5. The summed E-state index contributed by atoms with van der Waals surface area (Å²) in [6.45, 7) is 7.58. The Kier molecular flexibility index (Phi) is 5.95. The summed E-state index contributed by atoms with van der Waals surface area (Å²) >= 11 is 5.99. The Labute approximate surface area is 113 Å². The molecule has 1 rings (SSSR count). The number of carbonyl (C=O) groups excluding carboxylic acids is 1. The number of nitrogens with zero attached hydrogens (tertiary/aromatic N) is 1. The molecule has 0 aromatic heterocycles. The van der Waals surface area contributed by atoms with Crippen LogP contribution in [0.5, 0.6) is 0 Å². The van der Waals surface area contributed by atoms with Crippen molar-refractivity contribution >= 4 is 23.2 Å². The van der Waals surface area contributed by atoms with Gasteiger partial charge in [0.2, 0.25) is 0 Å². The molecule has 100 valence electrons. The van der Waals surface area contributed by atoms with Gasteiger partial charge in [-0.05, 0) is 25.2 Å². The molecular formula is C13H20ClN3O. The number of likely N-dealkylation sites (N-methyl/N-ethyl adjacent to an activating group) is 1. The molecule has 0 heterocycles. The number of rotatable bonds is 6. The van der Waals surface area contributed by atoms with Crippen LogP contribution < -0.4 is 11.1 Å². The lowest BCUT2D eigenvalue weighted by Crippen LogP contribution is -2.34. The van der Waals surface area contributed by atoms with E-state index in [0.29, 0.717) is 22.8 Å². The Morgan fingerprint density at radius 1 is 1.39 bits per heavy atom. The smallest absolute Gasteiger partial charge is 0.252 e. The fourth-order valence-corrected chi connectivity index (χ4v) is 1.90. The Hall–Kier alpha value is -1.26. The van der Waals surface area contributed by atoms with Crippen LogP contribution >= 0.6 is 11.6 Å². The largest absolute Gasteiger partial charge is 0.398 e. The summed E-state index contributed by atoms with van der Waals surface area (Å²) in [6.07, 6.45) is 0. The Morgan fingerprint density at radius 3 is 2.67 bits per heavy atom. The molecule has 0 spiro atoms. The number of carbonyl (C=O) groups is 1. The molecular weight excluding hydrogens is 250 g/mol. The first-order valence-corrected chi connectivity index (χ1v) is 6.52. The molecule has 0 atom stereocenters. The lowest BCUT2D eigenvalue weighted by atomic mass is 10.2. The third kappa shape index (κ3) is 3.89. The van der Waals surface area contributed by atoms with E-state index in [0.717, 1.165) is 19.6 Å². The van der Waals surface area contributed by atoms with Gasteiger partial charge >= 0.3 is 0 Å². The highest BCUT2D eigenvalue weighted by molar-refractivity contribution is 6.36. The number of hydrogen-bond acceptors (Lipinski definition) is 3. The van der Waals surface area contributed by atoms with Gasteiger partial charge in [-0.3, -0.25) is 4.79 Å². The number of nitrogens with one attached hydrogen (secondary N) is 1. The fraction of sp³-hybridized carbons (Fsp3) is 0.462. The lowest BCUT2D eigenvalue weighted by molar-refractivity contribution is 0.0949. The summed E-state index contributed by atoms with van der Waals surface area (Å²) in [5, 5.41) is 3.16. The molecule has 1 aromatic carbocycles. The summed E-state index contributed by atoms with van der Waals surface area (Å²) < 4.78 is 0. The summed E-state index contributed by atoms with van der Waals surface area (Å²) in [5.74, 6) is -0.181. The second-order valence-corrected chi connectivity index (χ2v) is 4.37. The molecule has 18 heavy (non-hydrogen) atoms. The van der Waals surface area contributed by atoms with E-state index in [9.17, 15) is 4.79 Å². The van der Waals surface area contributed by atoms with E-state index in [1.807, 2.05) is 0 Å². The molecule has 0 saturated carbocycles. The highest BCUT2D eigenvalue weighted by Gasteiger charge is 2.11. The second kappa shape index (κ2) is 7.24. The first-order chi connectivity index (χ1) is 8.60. The highest BCUT2D eigenvalue weighted by Crippen LogP contribution is 2.22. The minimum absolute atomic E-state index is 0.181. The maximum absolute atomic E-state index is 11.9. The maximum Gasteiger partial charge on any atom is 0.252 e. The number of nitrogen functional groups attached to an aromatic ring is 1. The third-order valence-corrected chi connectivity index (χ3v) is 3.30. The van der Waals surface area contributed by atoms with Gasteiger partial charge in [-0.15, -0.1) is 0 Å². The van der Waals surface area contributed by atoms with Crippen LogP contribution in [-0.2, 0) is 0 Å². The minimum Gasteiger partial charge on any atom is -0.398 e. The van der Waals surface area contributed by atoms with Gasteiger partial charge in [0.25, 0.3) is 5.91 Å². The topological polar surface area (TPSA) is 58.4 Å². The molecule has 5 heteroatoms. The van der Waals surface area contributed by atoms with Gasteiger partial charge < -0.3 is 16.0 Å². The quantitative estimate of drug-likeness (QED) is 0.777. The van der Waals surface area contributed by atoms with Gasteiger partial charge in [-0.25, -0.2) is 0 Å². The normalized spacial score (nSPS) is 10.7. The zero-order valence-corrected chi connectivity index (χ0v) is 11.6. The first kappa shape index (κ1) is 14.8. The molecule has 1 amide bonds. The maximum atomic E-state index is 11.9. The van der Waals surface area contributed by atoms with Crippen LogP contribution in [0.1, 0.15) is 24.2 Å². The van der Waals surface area contributed by atoms with E-state index in [1.165, 1.54) is 0 Å². The summed E-state index contributed by atoms with van der Waals surface area (Å²) in [6, 6.07) is 5.07. The Balaban J connectivity index is 2.53. The van der Waals surface area contributed by atoms with E-state index in [1.54, 1.807) is 18.2 Å². The highest BCUT2D eigenvalue weighted by atomic mass is 35.5. The van der Waals surface area contributed by atoms with Crippen molar-refractivity contribution in [2.24, 2.45) is 0 Å². The molecule has 3 N–H and O–H groups in total. The van der Waals surface area contributed by atoms with Crippen LogP contribution in [0.3, 0.4) is 0 Å². The van der Waals surface area contributed by atoms with Crippen LogP contribution in [0.2, 0.25) is 5.02 Å². The Bertz CT molecular complexity index is 405. The Morgan fingerprint density at radius 2 is 2.06 bits per heavy atom. The lowest BCUT2D eigenvalue weighted by Gasteiger charge is -2.18. The van der Waals surface area contributed by atoms with Crippen molar-refractivity contribution < 1.29 is 4.79 Å². The molecule has 0 aliphatic heterocycles. The SMILES string of the molecule is CCN(CC)CCNC(=O)c1cccc(N)c1Cl. The zero-order valence-electron chi connectivity index (χ0n) is 10.9. The van der Waals surface area contributed by atoms with E-state index in [2.05, 4.69) is 24.1 Å². The van der Waals surface area contributed by atoms with Gasteiger partial charge in [-0.2, -0.15) is 0 Å². The van der Waals surface area contributed by atoms with E-state index < -0.39 is 0 Å². The number of hydrogen-bond donors (Lipinski definition) is 2. The van der Waals surface area contributed by atoms with Crippen LogP contribution in [0.4, 0.5) is 5.69 Å². The average molecular weight is 270 g/mol. The van der Waals surface area contributed by atoms with Crippen molar-refractivity contribution in [1.82, 2.24) is 10.2 Å². The van der Waals surface area contributed by atoms with Crippen molar-refractivity contribution in [2.75, 3.05) is 31.9 Å². The van der Waals surface area contributed by atoms with Gasteiger partial charge in [0.15, 0.2) is 0 Å². The summed E-state index contributed by atoms with van der Waals surface area (Å²) in [7, 11) is 0. The number of halogens is 1. The predicted molar refractivity (Wildman–Crippen MR) is 76.0 cm³/mol. The molecule has 0 unspecified atom stereocenters.